The lowest BCUT2D eigenvalue weighted by atomic mass is 10.1. The molecule has 10 heteroatoms. The maximum Gasteiger partial charge on any atom is 0.271 e. The number of H-pyrrole nitrogens is 1. The normalized spacial score (nSPS) is 10.5. The largest absolute Gasteiger partial charge is 0.490 e. The highest BCUT2D eigenvalue weighted by molar-refractivity contribution is 9.10. The molecule has 1 aromatic heterocycles. The average molecular weight is 474 g/mol. The van der Waals surface area contributed by atoms with Crippen molar-refractivity contribution in [2.45, 2.75) is 13.8 Å². The molecular weight excluding hydrogens is 454 g/mol. The van der Waals surface area contributed by atoms with E-state index >= 15 is 0 Å². The molecule has 0 unspecified atom stereocenters. The number of nitrogens with zero attached hydrogens (tertiary/aromatic N) is 2. The Balaban J connectivity index is 1.80. The van der Waals surface area contributed by atoms with Gasteiger partial charge in [0.15, 0.2) is 23.8 Å². The number of primary amides is 1. The van der Waals surface area contributed by atoms with Crippen LogP contribution >= 0.6 is 15.9 Å². The molecule has 0 aliphatic carbocycles. The van der Waals surface area contributed by atoms with Crippen LogP contribution in [0.5, 0.6) is 11.5 Å². The van der Waals surface area contributed by atoms with Gasteiger partial charge in [0.25, 0.3) is 11.8 Å². The van der Waals surface area contributed by atoms with E-state index in [1.165, 1.54) is 0 Å². The first kappa shape index (κ1) is 21.3. The van der Waals surface area contributed by atoms with Crippen molar-refractivity contribution >= 4 is 33.4 Å². The molecule has 0 saturated heterocycles. The van der Waals surface area contributed by atoms with Gasteiger partial charge in [-0.05, 0) is 54.0 Å². The number of nitrogens with one attached hydrogen (secondary N) is 2. The predicted molar refractivity (Wildman–Crippen MR) is 115 cm³/mol. The van der Waals surface area contributed by atoms with Crippen LogP contribution < -0.4 is 20.5 Å². The smallest absolute Gasteiger partial charge is 0.271 e. The van der Waals surface area contributed by atoms with Crippen LogP contribution in [0.4, 0.5) is 5.69 Å². The molecule has 3 rings (SSSR count). The lowest BCUT2D eigenvalue weighted by Gasteiger charge is -2.15. The molecule has 0 atom stereocenters. The van der Waals surface area contributed by atoms with E-state index in [4.69, 9.17) is 15.2 Å². The Bertz CT molecular complexity index is 1070. The minimum absolute atomic E-state index is 0.00972. The second-order valence-electron chi connectivity index (χ2n) is 6.31. The molecule has 0 radical (unpaired) electrons. The van der Waals surface area contributed by atoms with E-state index in [2.05, 4.69) is 36.7 Å². The first-order valence-corrected chi connectivity index (χ1v) is 9.85. The van der Waals surface area contributed by atoms with Crippen molar-refractivity contribution < 1.29 is 19.1 Å². The van der Waals surface area contributed by atoms with Crippen LogP contribution in [-0.2, 0) is 4.79 Å². The summed E-state index contributed by atoms with van der Waals surface area (Å²) in [5.74, 6) is -0.294. The van der Waals surface area contributed by atoms with Gasteiger partial charge < -0.3 is 20.5 Å². The van der Waals surface area contributed by atoms with E-state index in [0.717, 1.165) is 5.56 Å². The molecule has 9 nitrogen and oxygen atoms in total. The number of nitrogens with two attached hydrogens (primary N) is 1. The number of aromatic amines is 1. The molecule has 2 amide bonds. The summed E-state index contributed by atoms with van der Waals surface area (Å²) in [5.41, 5.74) is 7.96. The van der Waals surface area contributed by atoms with Gasteiger partial charge >= 0.3 is 0 Å². The summed E-state index contributed by atoms with van der Waals surface area (Å²) < 4.78 is 11.9. The van der Waals surface area contributed by atoms with Gasteiger partial charge in [-0.25, -0.2) is 0 Å². The van der Waals surface area contributed by atoms with Crippen molar-refractivity contribution in [2.24, 2.45) is 5.73 Å². The number of carbonyl (C=O) groups is 2. The van der Waals surface area contributed by atoms with Crippen LogP contribution in [0.2, 0.25) is 0 Å². The topological polar surface area (TPSA) is 132 Å². The fourth-order valence-electron chi connectivity index (χ4n) is 2.68. The van der Waals surface area contributed by atoms with Crippen LogP contribution in [0, 0.1) is 6.92 Å². The predicted octanol–water partition coefficient (Wildman–Crippen LogP) is 3.06. The van der Waals surface area contributed by atoms with Crippen LogP contribution in [0.25, 0.3) is 11.3 Å². The van der Waals surface area contributed by atoms with Gasteiger partial charge in [0, 0.05) is 11.3 Å². The molecule has 2 aromatic carbocycles. The van der Waals surface area contributed by atoms with E-state index in [9.17, 15) is 9.59 Å². The Morgan fingerprint density at radius 3 is 2.57 bits per heavy atom. The van der Waals surface area contributed by atoms with Gasteiger partial charge in [0.05, 0.1) is 11.1 Å². The first-order chi connectivity index (χ1) is 14.4. The highest BCUT2D eigenvalue weighted by Gasteiger charge is 2.20. The third-order valence-electron chi connectivity index (χ3n) is 4.05. The van der Waals surface area contributed by atoms with Gasteiger partial charge in [-0.1, -0.05) is 17.7 Å². The molecule has 0 bridgehead atoms. The molecule has 0 aliphatic rings. The fraction of sp³-hybridized carbons (Fsp3) is 0.200. The van der Waals surface area contributed by atoms with Gasteiger partial charge in [0.1, 0.15) is 5.69 Å². The lowest BCUT2D eigenvalue weighted by Crippen LogP contribution is -2.20. The van der Waals surface area contributed by atoms with E-state index in [1.807, 2.05) is 38.1 Å². The molecule has 30 heavy (non-hydrogen) atoms. The van der Waals surface area contributed by atoms with Crippen molar-refractivity contribution in [2.75, 3.05) is 18.5 Å². The van der Waals surface area contributed by atoms with Gasteiger partial charge in [0.2, 0.25) is 0 Å². The third-order valence-corrected chi connectivity index (χ3v) is 4.64. The van der Waals surface area contributed by atoms with Gasteiger partial charge in [-0.15, -0.1) is 0 Å². The Hall–Kier alpha value is -3.40. The standard InChI is InChI=1S/C20H20BrN5O4/c1-3-29-15-9-12(17-18(20(22)28)25-26-24-17)8-14(21)19(15)30-10-16(27)23-13-6-4-11(2)5-7-13/h4-9H,3,10H2,1-2H3,(H2,22,28)(H,23,27)(H,24,25,26). The Morgan fingerprint density at radius 1 is 1.17 bits per heavy atom. The number of carbonyl (C=O) groups excluding carboxylic acids is 2. The quantitative estimate of drug-likeness (QED) is 0.460. The van der Waals surface area contributed by atoms with Crippen LogP contribution in [0.15, 0.2) is 40.9 Å². The number of aromatic nitrogens is 3. The molecule has 0 aliphatic heterocycles. The summed E-state index contributed by atoms with van der Waals surface area (Å²) in [4.78, 5) is 23.8. The van der Waals surface area contributed by atoms with Crippen molar-refractivity contribution in [1.29, 1.82) is 0 Å². The van der Waals surface area contributed by atoms with Crippen molar-refractivity contribution in [3.05, 3.63) is 52.1 Å². The molecular formula is C20H20BrN5O4. The number of aryl methyl sites for hydroxylation is 1. The number of halogens is 1. The van der Waals surface area contributed by atoms with Crippen molar-refractivity contribution in [3.8, 4) is 22.8 Å². The number of hydrogen-bond acceptors (Lipinski definition) is 6. The minimum atomic E-state index is -0.707. The van der Waals surface area contributed by atoms with Gasteiger partial charge in [-0.3, -0.25) is 9.59 Å². The molecule has 3 aromatic rings. The van der Waals surface area contributed by atoms with Crippen LogP contribution in [-0.4, -0.2) is 40.4 Å². The van der Waals surface area contributed by atoms with Crippen LogP contribution in [0.1, 0.15) is 23.0 Å². The number of benzene rings is 2. The maximum absolute atomic E-state index is 12.3. The summed E-state index contributed by atoms with van der Waals surface area (Å²) >= 11 is 3.43. The first-order valence-electron chi connectivity index (χ1n) is 9.05. The molecule has 4 N–H and O–H groups in total. The molecule has 0 saturated carbocycles. The van der Waals surface area contributed by atoms with E-state index < -0.39 is 5.91 Å². The maximum atomic E-state index is 12.3. The second kappa shape index (κ2) is 9.40. The molecule has 1 heterocycles. The fourth-order valence-corrected chi connectivity index (χ4v) is 3.24. The monoisotopic (exact) mass is 473 g/mol. The van der Waals surface area contributed by atoms with Crippen LogP contribution in [0.3, 0.4) is 0 Å². The summed E-state index contributed by atoms with van der Waals surface area (Å²) in [6, 6.07) is 10.8. The van der Waals surface area contributed by atoms with Gasteiger partial charge in [-0.2, -0.15) is 15.4 Å². The molecule has 156 valence electrons. The van der Waals surface area contributed by atoms with E-state index in [-0.39, 0.29) is 23.9 Å². The number of ether oxygens (including phenoxy) is 2. The zero-order valence-corrected chi connectivity index (χ0v) is 17.9. The average Bonchev–Trinajstić information content (AvgIpc) is 3.19. The second-order valence-corrected chi connectivity index (χ2v) is 7.16. The summed E-state index contributed by atoms with van der Waals surface area (Å²) in [6.45, 7) is 3.93. The Morgan fingerprint density at radius 2 is 1.90 bits per heavy atom. The summed E-state index contributed by atoms with van der Waals surface area (Å²) in [6.07, 6.45) is 0. The van der Waals surface area contributed by atoms with Crippen molar-refractivity contribution in [3.63, 3.8) is 0 Å². The number of rotatable bonds is 8. The molecule has 0 spiro atoms. The number of hydrogen-bond donors (Lipinski definition) is 3. The Kier molecular flexibility index (Phi) is 6.68. The lowest BCUT2D eigenvalue weighted by molar-refractivity contribution is -0.118. The molecule has 0 fully saturated rings. The van der Waals surface area contributed by atoms with E-state index in [1.54, 1.807) is 12.1 Å². The summed E-state index contributed by atoms with van der Waals surface area (Å²) in [5, 5.41) is 12.9. The number of anilines is 1. The van der Waals surface area contributed by atoms with Crippen molar-refractivity contribution in [1.82, 2.24) is 15.4 Å². The third kappa shape index (κ3) is 4.95. The highest BCUT2D eigenvalue weighted by Crippen LogP contribution is 2.40. The van der Waals surface area contributed by atoms with E-state index in [0.29, 0.717) is 33.8 Å². The zero-order chi connectivity index (χ0) is 21.7. The number of amides is 2. The zero-order valence-electron chi connectivity index (χ0n) is 16.4. The minimum Gasteiger partial charge on any atom is -0.490 e. The SMILES string of the molecule is CCOc1cc(-c2n[nH]nc2C(N)=O)cc(Br)c1OCC(=O)Nc1ccc(C)cc1. The highest BCUT2D eigenvalue weighted by atomic mass is 79.9. The summed E-state index contributed by atoms with van der Waals surface area (Å²) in [7, 11) is 0. The Labute approximate surface area is 181 Å².